The molecule has 0 aromatic rings. The van der Waals surface area contributed by atoms with Crippen LogP contribution in [-0.2, 0) is 19.1 Å². The zero-order valence-electron chi connectivity index (χ0n) is 13.1. The lowest BCUT2D eigenvalue weighted by atomic mass is 9.79. The maximum atomic E-state index is 11.9. The summed E-state index contributed by atoms with van der Waals surface area (Å²) < 4.78 is 10.6. The number of aliphatic hydroxyl groups excluding tert-OH is 2. The van der Waals surface area contributed by atoms with Gasteiger partial charge in [-0.2, -0.15) is 0 Å². The Balaban J connectivity index is 1.94. The Morgan fingerprint density at radius 3 is 2.65 bits per heavy atom. The minimum Gasteiger partial charge on any atom is -0.465 e. The Morgan fingerprint density at radius 2 is 2.00 bits per heavy atom. The molecule has 0 spiro atoms. The quantitative estimate of drug-likeness (QED) is 0.439. The van der Waals surface area contributed by atoms with Crippen molar-refractivity contribution < 1.29 is 29.3 Å². The lowest BCUT2D eigenvalue weighted by Crippen LogP contribution is -2.36. The van der Waals surface area contributed by atoms with Gasteiger partial charge >= 0.3 is 11.9 Å². The summed E-state index contributed by atoms with van der Waals surface area (Å²) in [4.78, 5) is 23.0. The first-order chi connectivity index (χ1) is 10.8. The van der Waals surface area contributed by atoms with E-state index in [0.717, 1.165) is 0 Å². The Labute approximate surface area is 134 Å². The maximum Gasteiger partial charge on any atom is 0.334 e. The molecule has 0 amide bonds. The molecule has 2 N–H and O–H groups in total. The molecule has 1 heterocycles. The summed E-state index contributed by atoms with van der Waals surface area (Å²) in [5.74, 6) is -1.92. The van der Waals surface area contributed by atoms with E-state index < -0.39 is 30.3 Å². The predicted molar refractivity (Wildman–Crippen MR) is 80.0 cm³/mol. The maximum absolute atomic E-state index is 11.9. The number of carbonyl (C=O) groups excluding carboxylic acids is 2. The highest BCUT2D eigenvalue weighted by molar-refractivity contribution is 5.90. The van der Waals surface area contributed by atoms with Crippen molar-refractivity contribution in [1.29, 1.82) is 0 Å². The van der Waals surface area contributed by atoms with Gasteiger partial charge in [0.1, 0.15) is 6.10 Å². The molecule has 0 aromatic heterocycles. The van der Waals surface area contributed by atoms with Crippen LogP contribution in [-0.4, -0.2) is 47.1 Å². The Morgan fingerprint density at radius 1 is 1.30 bits per heavy atom. The van der Waals surface area contributed by atoms with Crippen molar-refractivity contribution in [2.75, 3.05) is 6.61 Å². The van der Waals surface area contributed by atoms with Gasteiger partial charge in [0.15, 0.2) is 0 Å². The molecule has 3 fully saturated rings. The van der Waals surface area contributed by atoms with Crippen LogP contribution >= 0.6 is 0 Å². The molecule has 2 aliphatic carbocycles. The van der Waals surface area contributed by atoms with Crippen LogP contribution in [0.1, 0.15) is 19.8 Å². The van der Waals surface area contributed by atoms with Crippen LogP contribution in [0.5, 0.6) is 0 Å². The minimum absolute atomic E-state index is 0.0638. The second kappa shape index (κ2) is 5.76. The number of esters is 2. The van der Waals surface area contributed by atoms with E-state index in [1.165, 1.54) is 6.92 Å². The first-order valence-electron chi connectivity index (χ1n) is 7.89. The second-order valence-corrected chi connectivity index (χ2v) is 6.78. The first kappa shape index (κ1) is 16.2. The molecule has 6 nitrogen and oxygen atoms in total. The van der Waals surface area contributed by atoms with E-state index in [-0.39, 0.29) is 30.3 Å². The van der Waals surface area contributed by atoms with E-state index in [0.29, 0.717) is 24.0 Å². The predicted octanol–water partition coefficient (Wildman–Crippen LogP) is 0.581. The van der Waals surface area contributed by atoms with Gasteiger partial charge < -0.3 is 19.7 Å². The van der Waals surface area contributed by atoms with Crippen LogP contribution < -0.4 is 0 Å². The van der Waals surface area contributed by atoms with Crippen molar-refractivity contribution in [2.24, 2.45) is 23.7 Å². The standard InChI is InChI=1S/C17H22O6/c1-7-10-4-14(20)12(6-22-9(3)18)15(10)16-11(5-13(7)19)8(2)17(21)23-16/h10-16,19-20H,1-2,4-6H2,3H3/t10-,11-,12+,13-,14-,15+,16-/m0/s1. The summed E-state index contributed by atoms with van der Waals surface area (Å²) in [6.07, 6.45) is -1.16. The Kier molecular flexibility index (Phi) is 4.06. The fourth-order valence-electron chi connectivity index (χ4n) is 4.35. The van der Waals surface area contributed by atoms with Gasteiger partial charge in [-0.05, 0) is 24.3 Å². The molecule has 7 atom stereocenters. The summed E-state index contributed by atoms with van der Waals surface area (Å²) in [7, 11) is 0. The van der Waals surface area contributed by atoms with E-state index in [1.54, 1.807) is 0 Å². The topological polar surface area (TPSA) is 93.1 Å². The van der Waals surface area contributed by atoms with Crippen LogP contribution in [0.3, 0.4) is 0 Å². The number of aliphatic hydroxyl groups is 2. The monoisotopic (exact) mass is 322 g/mol. The Bertz CT molecular complexity index is 567. The van der Waals surface area contributed by atoms with Gasteiger partial charge in [-0.25, -0.2) is 4.79 Å². The average Bonchev–Trinajstić information content (AvgIpc) is 2.92. The zero-order chi connectivity index (χ0) is 16.9. The van der Waals surface area contributed by atoms with Gasteiger partial charge in [0.05, 0.1) is 18.8 Å². The molecule has 126 valence electrons. The van der Waals surface area contributed by atoms with Crippen LogP contribution in [0.4, 0.5) is 0 Å². The van der Waals surface area contributed by atoms with E-state index in [2.05, 4.69) is 13.2 Å². The summed E-state index contributed by atoms with van der Waals surface area (Å²) in [5, 5.41) is 20.8. The molecule has 0 bridgehead atoms. The average molecular weight is 322 g/mol. The SMILES string of the molecule is C=C1C(=O)O[C@@H]2[C@H]3[C@H](COC(C)=O)[C@@H](O)C[C@H]3C(=C)[C@@H](O)C[C@@H]12. The molecule has 3 aliphatic rings. The van der Waals surface area contributed by atoms with E-state index in [9.17, 15) is 19.8 Å². The summed E-state index contributed by atoms with van der Waals surface area (Å²) in [6, 6.07) is 0. The highest BCUT2D eigenvalue weighted by Crippen LogP contribution is 2.52. The summed E-state index contributed by atoms with van der Waals surface area (Å²) in [5.41, 5.74) is 1.01. The minimum atomic E-state index is -0.761. The van der Waals surface area contributed by atoms with Gasteiger partial charge in [-0.3, -0.25) is 4.79 Å². The zero-order valence-corrected chi connectivity index (χ0v) is 13.1. The molecule has 6 heteroatoms. The van der Waals surface area contributed by atoms with Gasteiger partial charge in [0.2, 0.25) is 0 Å². The number of hydrogen-bond donors (Lipinski definition) is 2. The first-order valence-corrected chi connectivity index (χ1v) is 7.89. The van der Waals surface area contributed by atoms with Gasteiger partial charge in [0.25, 0.3) is 0 Å². The number of ether oxygens (including phenoxy) is 2. The second-order valence-electron chi connectivity index (χ2n) is 6.78. The third-order valence-corrected chi connectivity index (χ3v) is 5.54. The van der Waals surface area contributed by atoms with E-state index in [1.807, 2.05) is 0 Å². The van der Waals surface area contributed by atoms with Crippen molar-refractivity contribution in [3.63, 3.8) is 0 Å². The fourth-order valence-corrected chi connectivity index (χ4v) is 4.35. The van der Waals surface area contributed by atoms with Crippen LogP contribution in [0.2, 0.25) is 0 Å². The third-order valence-electron chi connectivity index (χ3n) is 5.54. The normalized spacial score (nSPS) is 42.7. The number of carbonyl (C=O) groups is 2. The molecule has 2 saturated carbocycles. The van der Waals surface area contributed by atoms with Crippen LogP contribution in [0, 0.1) is 23.7 Å². The van der Waals surface area contributed by atoms with E-state index in [4.69, 9.17) is 9.47 Å². The summed E-state index contributed by atoms with van der Waals surface area (Å²) in [6.45, 7) is 9.16. The van der Waals surface area contributed by atoms with E-state index >= 15 is 0 Å². The van der Waals surface area contributed by atoms with Crippen LogP contribution in [0.15, 0.2) is 24.3 Å². The Hall–Kier alpha value is -1.66. The van der Waals surface area contributed by atoms with Crippen molar-refractivity contribution in [2.45, 2.75) is 38.1 Å². The van der Waals surface area contributed by atoms with Crippen molar-refractivity contribution in [3.05, 3.63) is 24.3 Å². The van der Waals surface area contributed by atoms with Crippen LogP contribution in [0.25, 0.3) is 0 Å². The van der Waals surface area contributed by atoms with Crippen molar-refractivity contribution >= 4 is 11.9 Å². The highest BCUT2D eigenvalue weighted by atomic mass is 16.6. The summed E-state index contributed by atoms with van der Waals surface area (Å²) >= 11 is 0. The van der Waals surface area contributed by atoms with Gasteiger partial charge in [-0.1, -0.05) is 13.2 Å². The molecule has 0 aromatic carbocycles. The molecule has 3 rings (SSSR count). The lowest BCUT2D eigenvalue weighted by molar-refractivity contribution is -0.148. The third kappa shape index (κ3) is 2.60. The molecular weight excluding hydrogens is 300 g/mol. The largest absolute Gasteiger partial charge is 0.465 e. The molecule has 1 aliphatic heterocycles. The van der Waals surface area contributed by atoms with Gasteiger partial charge in [-0.15, -0.1) is 0 Å². The molecule has 1 saturated heterocycles. The molecular formula is C17H22O6. The number of fused-ring (bicyclic) bond motifs is 3. The molecule has 23 heavy (non-hydrogen) atoms. The fraction of sp³-hybridized carbons (Fsp3) is 0.647. The van der Waals surface area contributed by atoms with Crippen molar-refractivity contribution in [1.82, 2.24) is 0 Å². The number of rotatable bonds is 2. The smallest absolute Gasteiger partial charge is 0.334 e. The highest BCUT2D eigenvalue weighted by Gasteiger charge is 2.57. The lowest BCUT2D eigenvalue weighted by Gasteiger charge is -2.30. The molecule has 0 unspecified atom stereocenters. The van der Waals surface area contributed by atoms with Crippen molar-refractivity contribution in [3.8, 4) is 0 Å². The van der Waals surface area contributed by atoms with Gasteiger partial charge in [0, 0.05) is 30.3 Å². The molecule has 0 radical (unpaired) electrons. The number of hydrogen-bond acceptors (Lipinski definition) is 6.